The number of benzene rings is 1. The van der Waals surface area contributed by atoms with Crippen LogP contribution in [0, 0.1) is 5.41 Å². The monoisotopic (exact) mass is 488 g/mol. The Bertz CT molecular complexity index is 1190. The van der Waals surface area contributed by atoms with E-state index in [2.05, 4.69) is 34.6 Å². The Balaban J connectivity index is 1.19. The van der Waals surface area contributed by atoms with Crippen molar-refractivity contribution in [3.63, 3.8) is 0 Å². The van der Waals surface area contributed by atoms with Gasteiger partial charge in [0.25, 0.3) is 5.91 Å². The minimum atomic E-state index is -2.56. The van der Waals surface area contributed by atoms with Gasteiger partial charge in [0.15, 0.2) is 0 Å². The van der Waals surface area contributed by atoms with Crippen LogP contribution in [-0.4, -0.2) is 48.0 Å². The van der Waals surface area contributed by atoms with Crippen LogP contribution in [-0.2, 0) is 13.0 Å². The number of carbonyl (C=O) groups is 1. The summed E-state index contributed by atoms with van der Waals surface area (Å²) in [5.41, 5.74) is 4.60. The molecule has 1 spiro atoms. The molecular weight excluding hydrogens is 460 g/mol. The number of nitrogens with one attached hydrogen (secondary N) is 1. The average molecular weight is 489 g/mol. The normalized spacial score (nSPS) is 18.8. The summed E-state index contributed by atoms with van der Waals surface area (Å²) in [5.74, 6) is 0.354. The first-order chi connectivity index (χ1) is 15.7. The molecule has 176 valence electrons. The molecule has 1 saturated carbocycles. The second-order valence-corrected chi connectivity index (χ2v) is 12.0. The first kappa shape index (κ1) is 22.7. The van der Waals surface area contributed by atoms with Gasteiger partial charge in [0.2, 0.25) is 0 Å². The van der Waals surface area contributed by atoms with E-state index >= 15 is 0 Å². The van der Waals surface area contributed by atoms with Crippen molar-refractivity contribution < 1.29 is 13.9 Å². The lowest BCUT2D eigenvalue weighted by atomic mass is 9.57. The molecule has 1 aliphatic heterocycles. The second kappa shape index (κ2) is 8.29. The van der Waals surface area contributed by atoms with E-state index in [0.29, 0.717) is 35.2 Å². The van der Waals surface area contributed by atoms with Crippen molar-refractivity contribution >= 4 is 33.9 Å². The third-order valence-electron chi connectivity index (χ3n) is 6.98. The standard InChI is InChI=1S/C24H29ClN4O3S/c1-3-20-22(29-13-19(25)8-9-21(29)27-20)23(30)26-12-16-4-6-17(7-5-16)18-10-24(11-18)14-28(15-24)33(2,31)32/h4-9,13,18,31-32H,3,10-12,14-15H2,1-2H3,(H,26,30). The molecule has 3 heterocycles. The highest BCUT2D eigenvalue weighted by Crippen LogP contribution is 2.61. The molecule has 2 fully saturated rings. The Hall–Kier alpha value is -2.10. The molecule has 0 unspecified atom stereocenters. The van der Waals surface area contributed by atoms with Gasteiger partial charge in [0.1, 0.15) is 11.3 Å². The number of amides is 1. The highest BCUT2D eigenvalue weighted by Gasteiger charge is 2.54. The molecule has 9 heteroatoms. The molecule has 2 aromatic heterocycles. The lowest BCUT2D eigenvalue weighted by Gasteiger charge is -2.63. The zero-order valence-corrected chi connectivity index (χ0v) is 20.4. The van der Waals surface area contributed by atoms with Gasteiger partial charge < -0.3 is 5.32 Å². The lowest BCUT2D eigenvalue weighted by molar-refractivity contribution is -0.0302. The molecule has 5 rings (SSSR count). The van der Waals surface area contributed by atoms with E-state index in [0.717, 1.165) is 37.2 Å². The van der Waals surface area contributed by atoms with Gasteiger partial charge in [-0.3, -0.25) is 18.3 Å². The van der Waals surface area contributed by atoms with Gasteiger partial charge in [0.05, 0.1) is 10.7 Å². The second-order valence-electron chi connectivity index (χ2n) is 9.46. The minimum absolute atomic E-state index is 0.164. The summed E-state index contributed by atoms with van der Waals surface area (Å²) in [6, 6.07) is 12.0. The summed E-state index contributed by atoms with van der Waals surface area (Å²) in [6.45, 7) is 3.98. The number of halogens is 1. The summed E-state index contributed by atoms with van der Waals surface area (Å²) in [6.07, 6.45) is 6.07. The molecule has 3 N–H and O–H groups in total. The largest absolute Gasteiger partial charge is 0.347 e. The summed E-state index contributed by atoms with van der Waals surface area (Å²) >= 11 is 6.13. The maximum atomic E-state index is 13.0. The van der Waals surface area contributed by atoms with Crippen molar-refractivity contribution in [1.82, 2.24) is 19.0 Å². The van der Waals surface area contributed by atoms with E-state index in [1.165, 1.54) is 11.8 Å². The highest BCUT2D eigenvalue weighted by atomic mass is 35.5. The van der Waals surface area contributed by atoms with Crippen LogP contribution in [0.3, 0.4) is 0 Å². The molecule has 33 heavy (non-hydrogen) atoms. The molecule has 7 nitrogen and oxygen atoms in total. The number of pyridine rings is 1. The van der Waals surface area contributed by atoms with E-state index in [-0.39, 0.29) is 11.3 Å². The predicted molar refractivity (Wildman–Crippen MR) is 132 cm³/mol. The van der Waals surface area contributed by atoms with Crippen LogP contribution < -0.4 is 5.32 Å². The summed E-state index contributed by atoms with van der Waals surface area (Å²) in [5, 5.41) is 3.58. The molecule has 1 amide bonds. The van der Waals surface area contributed by atoms with Gasteiger partial charge in [-0.25, -0.2) is 9.29 Å². The number of aryl methyl sites for hydroxylation is 1. The first-order valence-corrected chi connectivity index (χ1v) is 13.5. The van der Waals surface area contributed by atoms with E-state index in [4.69, 9.17) is 11.6 Å². The summed E-state index contributed by atoms with van der Waals surface area (Å²) in [4.78, 5) is 17.5. The third-order valence-corrected chi connectivity index (χ3v) is 8.44. The summed E-state index contributed by atoms with van der Waals surface area (Å²) in [7, 11) is -2.56. The quantitative estimate of drug-likeness (QED) is 0.456. The lowest BCUT2D eigenvalue weighted by Crippen LogP contribution is -2.61. The highest BCUT2D eigenvalue weighted by molar-refractivity contribution is 8.21. The summed E-state index contributed by atoms with van der Waals surface area (Å²) < 4.78 is 23.1. The van der Waals surface area contributed by atoms with Crippen LogP contribution in [0.5, 0.6) is 0 Å². The van der Waals surface area contributed by atoms with Crippen LogP contribution in [0.1, 0.15) is 53.0 Å². The molecule has 0 radical (unpaired) electrons. The Labute approximate surface area is 200 Å². The van der Waals surface area contributed by atoms with E-state index in [1.54, 1.807) is 21.0 Å². The van der Waals surface area contributed by atoms with Gasteiger partial charge in [-0.15, -0.1) is 10.8 Å². The first-order valence-electron chi connectivity index (χ1n) is 11.2. The van der Waals surface area contributed by atoms with Gasteiger partial charge in [0, 0.05) is 37.5 Å². The van der Waals surface area contributed by atoms with Crippen molar-refractivity contribution in [3.05, 3.63) is 70.1 Å². The molecule has 1 saturated heterocycles. The fraction of sp³-hybridized carbons (Fsp3) is 0.417. The molecule has 3 aromatic rings. The number of hydrogen-bond acceptors (Lipinski definition) is 5. The van der Waals surface area contributed by atoms with Gasteiger partial charge >= 0.3 is 0 Å². The number of carbonyl (C=O) groups excluding carboxylic acids is 1. The fourth-order valence-corrected chi connectivity index (χ4v) is 6.35. The van der Waals surface area contributed by atoms with Gasteiger partial charge in [-0.1, -0.05) is 42.8 Å². The van der Waals surface area contributed by atoms with Crippen LogP contribution in [0.2, 0.25) is 5.02 Å². The topological polar surface area (TPSA) is 90.1 Å². The molecular formula is C24H29ClN4O3S. The third kappa shape index (κ3) is 4.26. The van der Waals surface area contributed by atoms with Crippen molar-refractivity contribution in [2.45, 2.75) is 38.6 Å². The van der Waals surface area contributed by atoms with Crippen LogP contribution in [0.15, 0.2) is 42.6 Å². The number of imidazole rings is 1. The molecule has 0 atom stereocenters. The Morgan fingerprint density at radius 2 is 1.91 bits per heavy atom. The van der Waals surface area contributed by atoms with Crippen molar-refractivity contribution in [1.29, 1.82) is 0 Å². The molecule has 1 aliphatic carbocycles. The smallest absolute Gasteiger partial charge is 0.270 e. The van der Waals surface area contributed by atoms with Crippen molar-refractivity contribution in [3.8, 4) is 0 Å². The number of aromatic nitrogens is 2. The SMILES string of the molecule is CCc1nc2ccc(Cl)cn2c1C(=O)NCc1ccc(C2CC3(C2)CN(S(C)(O)O)C3)cc1. The maximum Gasteiger partial charge on any atom is 0.270 e. The average Bonchev–Trinajstić information content (AvgIpc) is 3.07. The van der Waals surface area contributed by atoms with Crippen LogP contribution in [0.25, 0.3) is 5.65 Å². The number of fused-ring (bicyclic) bond motifs is 1. The van der Waals surface area contributed by atoms with Crippen molar-refractivity contribution in [2.24, 2.45) is 5.41 Å². The predicted octanol–water partition coefficient (Wildman–Crippen LogP) is 4.95. The Morgan fingerprint density at radius 1 is 1.21 bits per heavy atom. The Morgan fingerprint density at radius 3 is 2.55 bits per heavy atom. The van der Waals surface area contributed by atoms with E-state index in [9.17, 15) is 13.9 Å². The zero-order chi connectivity index (χ0) is 23.4. The fourth-order valence-electron chi connectivity index (χ4n) is 5.15. The van der Waals surface area contributed by atoms with Crippen LogP contribution >= 0.6 is 22.4 Å². The number of rotatable bonds is 6. The molecule has 0 bridgehead atoms. The number of nitrogens with zero attached hydrogens (tertiary/aromatic N) is 3. The number of hydrogen-bond donors (Lipinski definition) is 3. The van der Waals surface area contributed by atoms with Crippen molar-refractivity contribution in [2.75, 3.05) is 19.3 Å². The Kier molecular flexibility index (Phi) is 5.69. The van der Waals surface area contributed by atoms with Gasteiger partial charge in [-0.2, -0.15) is 0 Å². The maximum absolute atomic E-state index is 13.0. The van der Waals surface area contributed by atoms with Crippen LogP contribution in [0.4, 0.5) is 0 Å². The minimum Gasteiger partial charge on any atom is -0.347 e. The van der Waals surface area contributed by atoms with Gasteiger partial charge in [-0.05, 0) is 48.4 Å². The van der Waals surface area contributed by atoms with E-state index < -0.39 is 10.8 Å². The zero-order valence-electron chi connectivity index (χ0n) is 18.8. The van der Waals surface area contributed by atoms with E-state index in [1.807, 2.05) is 13.0 Å². The molecule has 2 aliphatic rings. The molecule has 1 aromatic carbocycles.